The fraction of sp³-hybridized carbons (Fsp3) is 0.316. The van der Waals surface area contributed by atoms with E-state index in [-0.39, 0.29) is 10.8 Å². The second kappa shape index (κ2) is 8.55. The molecule has 2 aromatic carbocycles. The number of amides is 1. The molecule has 0 atom stereocenters. The van der Waals surface area contributed by atoms with E-state index in [1.165, 1.54) is 12.1 Å². The normalized spacial score (nSPS) is 15.8. The zero-order valence-electron chi connectivity index (χ0n) is 14.9. The Kier molecular flexibility index (Phi) is 6.32. The van der Waals surface area contributed by atoms with Crippen LogP contribution < -0.4 is 0 Å². The maximum atomic E-state index is 12.6. The van der Waals surface area contributed by atoms with Gasteiger partial charge >= 0.3 is 5.76 Å². The molecule has 0 aliphatic carbocycles. The molecule has 0 N–H and O–H groups in total. The Morgan fingerprint density at radius 3 is 2.25 bits per heavy atom. The lowest BCUT2D eigenvalue weighted by Crippen LogP contribution is -2.48. The van der Waals surface area contributed by atoms with E-state index in [1.807, 2.05) is 0 Å². The van der Waals surface area contributed by atoms with Gasteiger partial charge in [0.05, 0.1) is 4.90 Å². The van der Waals surface area contributed by atoms with Crippen LogP contribution >= 0.6 is 11.6 Å². The third-order valence-electron chi connectivity index (χ3n) is 4.62. The predicted octanol–water partition coefficient (Wildman–Crippen LogP) is 3.29. The Hall–Kier alpha value is -2.03. The number of hydrogen-bond acceptors (Lipinski definition) is 4. The van der Waals surface area contributed by atoms with Crippen LogP contribution in [0.3, 0.4) is 0 Å². The summed E-state index contributed by atoms with van der Waals surface area (Å²) in [7, 11) is -4.57. The Labute approximate surface area is 167 Å². The fourth-order valence-corrected chi connectivity index (χ4v) is 3.97. The summed E-state index contributed by atoms with van der Waals surface area (Å²) in [4.78, 5) is 16.0. The molecule has 1 amide bonds. The zero-order chi connectivity index (χ0) is 20.3. The molecule has 1 aliphatic heterocycles. The third kappa shape index (κ3) is 4.68. The molecule has 0 radical (unpaired) electrons. The quantitative estimate of drug-likeness (QED) is 0.733. The van der Waals surface area contributed by atoms with Crippen molar-refractivity contribution in [3.05, 3.63) is 64.7 Å². The first-order chi connectivity index (χ1) is 13.3. The minimum Gasteiger partial charge on any atom is -0.336 e. The summed E-state index contributed by atoms with van der Waals surface area (Å²) in [5.74, 6) is -3.49. The third-order valence-corrected chi connectivity index (χ3v) is 6.26. The molecule has 0 spiro atoms. The van der Waals surface area contributed by atoms with Crippen LogP contribution in [0.4, 0.5) is 8.78 Å². The molecule has 0 aromatic heterocycles. The molecule has 1 fully saturated rings. The second-order valence-electron chi connectivity index (χ2n) is 6.53. The number of alkyl halides is 2. The van der Waals surface area contributed by atoms with E-state index in [4.69, 9.17) is 11.6 Å². The molecule has 28 heavy (non-hydrogen) atoms. The van der Waals surface area contributed by atoms with E-state index in [1.54, 1.807) is 41.3 Å². The number of carbonyl (C=O) groups is 1. The Morgan fingerprint density at radius 2 is 1.68 bits per heavy atom. The van der Waals surface area contributed by atoms with E-state index in [0.717, 1.165) is 5.56 Å². The first kappa shape index (κ1) is 20.7. The van der Waals surface area contributed by atoms with Crippen LogP contribution in [0.2, 0.25) is 5.02 Å². The number of benzene rings is 2. The van der Waals surface area contributed by atoms with E-state index >= 15 is 0 Å². The van der Waals surface area contributed by atoms with Crippen LogP contribution in [0.15, 0.2) is 53.4 Å². The van der Waals surface area contributed by atoms with Crippen molar-refractivity contribution in [3.8, 4) is 0 Å². The molecule has 150 valence electrons. The van der Waals surface area contributed by atoms with Gasteiger partial charge in [0.1, 0.15) is 0 Å². The predicted molar refractivity (Wildman–Crippen MR) is 102 cm³/mol. The second-order valence-corrected chi connectivity index (χ2v) is 8.88. The van der Waals surface area contributed by atoms with Gasteiger partial charge in [0.25, 0.3) is 5.91 Å². The topological polar surface area (TPSA) is 57.7 Å². The number of nitrogens with zero attached hydrogens (tertiary/aromatic N) is 2. The van der Waals surface area contributed by atoms with Crippen LogP contribution in [0, 0.1) is 0 Å². The Morgan fingerprint density at radius 1 is 1.04 bits per heavy atom. The van der Waals surface area contributed by atoms with Gasteiger partial charge in [0.15, 0.2) is 0 Å². The molecule has 0 saturated carbocycles. The lowest BCUT2D eigenvalue weighted by molar-refractivity contribution is 0.0628. The van der Waals surface area contributed by atoms with Gasteiger partial charge in [-0.25, -0.2) is 8.42 Å². The molecule has 9 heteroatoms. The lowest BCUT2D eigenvalue weighted by Gasteiger charge is -2.34. The Balaban J connectivity index is 1.56. The van der Waals surface area contributed by atoms with Crippen molar-refractivity contribution in [2.24, 2.45) is 0 Å². The van der Waals surface area contributed by atoms with Crippen molar-refractivity contribution in [1.82, 2.24) is 9.80 Å². The summed E-state index contributed by atoms with van der Waals surface area (Å²) in [5.41, 5.74) is 1.37. The standard InChI is InChI=1S/C19H19ClF2N2O3S/c20-16-3-1-2-15(12-16)18(25)24-10-8-23(9-11-24)13-14-4-6-17(7-5-14)28(26,27)19(21)22/h1-7,12,19H,8-11,13H2. The minimum atomic E-state index is -4.57. The summed E-state index contributed by atoms with van der Waals surface area (Å²) in [6.45, 7) is 2.98. The number of halogens is 3. The van der Waals surface area contributed by atoms with Gasteiger partial charge < -0.3 is 4.90 Å². The van der Waals surface area contributed by atoms with E-state index < -0.39 is 15.6 Å². The maximum absolute atomic E-state index is 12.6. The van der Waals surface area contributed by atoms with Crippen LogP contribution in [-0.4, -0.2) is 56.1 Å². The number of rotatable bonds is 5. The summed E-state index contributed by atoms with van der Waals surface area (Å²) in [6, 6.07) is 12.3. The van der Waals surface area contributed by atoms with Crippen LogP contribution in [-0.2, 0) is 16.4 Å². The smallest absolute Gasteiger partial charge is 0.336 e. The monoisotopic (exact) mass is 428 g/mol. The highest BCUT2D eigenvalue weighted by Crippen LogP contribution is 2.20. The van der Waals surface area contributed by atoms with Crippen LogP contribution in [0.1, 0.15) is 15.9 Å². The summed E-state index contributed by atoms with van der Waals surface area (Å²) in [5, 5.41) is 0.516. The molecule has 0 bridgehead atoms. The van der Waals surface area contributed by atoms with Gasteiger partial charge in [-0.2, -0.15) is 8.78 Å². The van der Waals surface area contributed by atoms with Crippen molar-refractivity contribution < 1.29 is 22.0 Å². The molecule has 0 unspecified atom stereocenters. The average Bonchev–Trinajstić information content (AvgIpc) is 2.68. The first-order valence-corrected chi connectivity index (χ1v) is 10.6. The number of hydrogen-bond donors (Lipinski definition) is 0. The highest BCUT2D eigenvalue weighted by Gasteiger charge is 2.26. The highest BCUT2D eigenvalue weighted by molar-refractivity contribution is 7.91. The fourth-order valence-electron chi connectivity index (χ4n) is 3.06. The first-order valence-electron chi connectivity index (χ1n) is 8.65. The van der Waals surface area contributed by atoms with Crippen molar-refractivity contribution in [2.75, 3.05) is 26.2 Å². The summed E-state index contributed by atoms with van der Waals surface area (Å²) in [6.07, 6.45) is 0. The Bertz CT molecular complexity index is 944. The average molecular weight is 429 g/mol. The van der Waals surface area contributed by atoms with Crippen molar-refractivity contribution in [1.29, 1.82) is 0 Å². The molecular formula is C19H19ClF2N2O3S. The maximum Gasteiger partial charge on any atom is 0.341 e. The van der Waals surface area contributed by atoms with Gasteiger partial charge in [-0.3, -0.25) is 9.69 Å². The van der Waals surface area contributed by atoms with Crippen molar-refractivity contribution >= 4 is 27.3 Å². The zero-order valence-corrected chi connectivity index (χ0v) is 16.5. The molecule has 1 saturated heterocycles. The van der Waals surface area contributed by atoms with E-state index in [0.29, 0.717) is 43.3 Å². The van der Waals surface area contributed by atoms with Crippen molar-refractivity contribution in [3.63, 3.8) is 0 Å². The van der Waals surface area contributed by atoms with Gasteiger partial charge in [0.2, 0.25) is 9.84 Å². The lowest BCUT2D eigenvalue weighted by atomic mass is 10.1. The van der Waals surface area contributed by atoms with Gasteiger partial charge in [0, 0.05) is 43.3 Å². The largest absolute Gasteiger partial charge is 0.341 e. The van der Waals surface area contributed by atoms with E-state index in [9.17, 15) is 22.0 Å². The molecule has 5 nitrogen and oxygen atoms in total. The van der Waals surface area contributed by atoms with Gasteiger partial charge in [-0.1, -0.05) is 29.8 Å². The minimum absolute atomic E-state index is 0.0660. The summed E-state index contributed by atoms with van der Waals surface area (Å²) < 4.78 is 48.1. The van der Waals surface area contributed by atoms with Gasteiger partial charge in [-0.05, 0) is 35.9 Å². The molecule has 1 heterocycles. The van der Waals surface area contributed by atoms with Crippen LogP contribution in [0.5, 0.6) is 0 Å². The molecule has 3 rings (SSSR count). The number of sulfone groups is 1. The highest BCUT2D eigenvalue weighted by atomic mass is 35.5. The molecular weight excluding hydrogens is 410 g/mol. The summed E-state index contributed by atoms with van der Waals surface area (Å²) >= 11 is 5.94. The van der Waals surface area contributed by atoms with Gasteiger partial charge in [-0.15, -0.1) is 0 Å². The van der Waals surface area contributed by atoms with E-state index in [2.05, 4.69) is 4.90 Å². The number of piperazine rings is 1. The van der Waals surface area contributed by atoms with Crippen LogP contribution in [0.25, 0.3) is 0 Å². The number of carbonyl (C=O) groups excluding carboxylic acids is 1. The van der Waals surface area contributed by atoms with Crippen molar-refractivity contribution in [2.45, 2.75) is 17.2 Å². The molecule has 2 aromatic rings. The molecule has 1 aliphatic rings. The SMILES string of the molecule is O=C(c1cccc(Cl)c1)N1CCN(Cc2ccc(S(=O)(=O)C(F)F)cc2)CC1.